The molecular weight excluding hydrogens is 757 g/mol. The van der Waals surface area contributed by atoms with Crippen molar-refractivity contribution in [2.75, 3.05) is 13.2 Å². The molecule has 1 atom stereocenters. The van der Waals surface area contributed by atoms with Crippen LogP contribution in [0.5, 0.6) is 0 Å². The Hall–Kier alpha value is -2.89. The Kier molecular flexibility index (Phi) is 47.4. The second kappa shape index (κ2) is 49.8. The van der Waals surface area contributed by atoms with Crippen LogP contribution in [-0.2, 0) is 28.6 Å². The molecule has 0 fully saturated rings. The molecule has 61 heavy (non-hydrogen) atoms. The van der Waals surface area contributed by atoms with Crippen molar-refractivity contribution in [3.63, 3.8) is 0 Å². The number of esters is 3. The third-order valence-electron chi connectivity index (χ3n) is 11.0. The van der Waals surface area contributed by atoms with Gasteiger partial charge in [-0.15, -0.1) is 0 Å². The Bertz CT molecular complexity index is 1120. The van der Waals surface area contributed by atoms with Crippen molar-refractivity contribution in [2.45, 2.75) is 258 Å². The highest BCUT2D eigenvalue weighted by atomic mass is 16.6. The maximum Gasteiger partial charge on any atom is 0.306 e. The van der Waals surface area contributed by atoms with Gasteiger partial charge in [0.15, 0.2) is 6.10 Å². The average molecular weight is 853 g/mol. The molecule has 0 saturated carbocycles. The largest absolute Gasteiger partial charge is 0.462 e. The summed E-state index contributed by atoms with van der Waals surface area (Å²) in [5.41, 5.74) is 0. The van der Waals surface area contributed by atoms with Gasteiger partial charge in [-0.05, 0) is 83.5 Å². The number of rotatable bonds is 46. The second-order valence-electron chi connectivity index (χ2n) is 17.1. The smallest absolute Gasteiger partial charge is 0.306 e. The standard InChI is InChI=1S/C55H96O6/c1-4-7-10-13-16-19-22-24-25-26-27-28-29-31-33-36-39-42-45-48-54(57)60-51-52(50-59-53(56)47-44-41-38-35-32-21-18-15-12-9-6-3)61-55(58)49-46-43-40-37-34-30-23-20-17-14-11-8-5-2/h8,11,14-15,17-18,20,23,26-27,52H,4-7,9-10,12-13,16,19,21-22,24-25,28-51H2,1-3H3/b11-8-,17-14-,18-15-,23-20-,27-26-. The van der Waals surface area contributed by atoms with E-state index in [1.54, 1.807) is 0 Å². The van der Waals surface area contributed by atoms with E-state index in [0.717, 1.165) is 89.9 Å². The summed E-state index contributed by atoms with van der Waals surface area (Å²) in [5, 5.41) is 0. The predicted octanol–water partition coefficient (Wildman–Crippen LogP) is 16.9. The van der Waals surface area contributed by atoms with E-state index in [4.69, 9.17) is 14.2 Å². The lowest BCUT2D eigenvalue weighted by Crippen LogP contribution is -2.30. The van der Waals surface area contributed by atoms with Crippen LogP contribution in [0, 0.1) is 0 Å². The van der Waals surface area contributed by atoms with Gasteiger partial charge in [0.05, 0.1) is 0 Å². The molecule has 0 aromatic rings. The summed E-state index contributed by atoms with van der Waals surface area (Å²) in [6.45, 7) is 6.44. The topological polar surface area (TPSA) is 78.9 Å². The lowest BCUT2D eigenvalue weighted by atomic mass is 10.1. The number of carbonyl (C=O) groups excluding carboxylic acids is 3. The van der Waals surface area contributed by atoms with Crippen molar-refractivity contribution in [1.29, 1.82) is 0 Å². The zero-order valence-corrected chi connectivity index (χ0v) is 40.2. The Morgan fingerprint density at radius 2 is 0.672 bits per heavy atom. The fourth-order valence-corrected chi connectivity index (χ4v) is 7.12. The SMILES string of the molecule is CC\C=C/C=C\C=C/CCCCCCCC(=O)OC(COC(=O)CCCCCCC/C=C\CCCC)COC(=O)CCCCCCCCC/C=C\CCCCCCCCCC. The van der Waals surface area contributed by atoms with Gasteiger partial charge >= 0.3 is 17.9 Å². The van der Waals surface area contributed by atoms with Crippen LogP contribution < -0.4 is 0 Å². The van der Waals surface area contributed by atoms with Gasteiger partial charge in [-0.2, -0.15) is 0 Å². The van der Waals surface area contributed by atoms with E-state index in [9.17, 15) is 14.4 Å². The average Bonchev–Trinajstić information content (AvgIpc) is 3.26. The number of allylic oxidation sites excluding steroid dienone is 10. The first-order valence-corrected chi connectivity index (χ1v) is 25.8. The molecule has 6 nitrogen and oxygen atoms in total. The Morgan fingerprint density at radius 1 is 0.344 bits per heavy atom. The fraction of sp³-hybridized carbons (Fsp3) is 0.764. The molecule has 0 N–H and O–H groups in total. The van der Waals surface area contributed by atoms with Crippen LogP contribution in [0.3, 0.4) is 0 Å². The first-order valence-electron chi connectivity index (χ1n) is 25.8. The summed E-state index contributed by atoms with van der Waals surface area (Å²) in [4.78, 5) is 37.9. The van der Waals surface area contributed by atoms with Gasteiger partial charge in [0, 0.05) is 19.3 Å². The first-order chi connectivity index (χ1) is 30.0. The summed E-state index contributed by atoms with van der Waals surface area (Å²) in [7, 11) is 0. The lowest BCUT2D eigenvalue weighted by molar-refractivity contribution is -0.167. The quantitative estimate of drug-likeness (QED) is 0.0200. The number of ether oxygens (including phenoxy) is 3. The van der Waals surface area contributed by atoms with E-state index in [-0.39, 0.29) is 31.1 Å². The predicted molar refractivity (Wildman–Crippen MR) is 261 cm³/mol. The molecule has 0 rings (SSSR count). The van der Waals surface area contributed by atoms with Gasteiger partial charge < -0.3 is 14.2 Å². The van der Waals surface area contributed by atoms with Gasteiger partial charge in [-0.3, -0.25) is 14.4 Å². The Morgan fingerprint density at radius 3 is 1.08 bits per heavy atom. The molecule has 0 saturated heterocycles. The highest BCUT2D eigenvalue weighted by Gasteiger charge is 2.19. The Balaban J connectivity index is 4.35. The van der Waals surface area contributed by atoms with Gasteiger partial charge in [0.25, 0.3) is 0 Å². The van der Waals surface area contributed by atoms with Gasteiger partial charge in [-0.1, -0.05) is 210 Å². The molecule has 0 aromatic heterocycles. The van der Waals surface area contributed by atoms with Crippen LogP contribution in [0.25, 0.3) is 0 Å². The van der Waals surface area contributed by atoms with Crippen LogP contribution in [0.4, 0.5) is 0 Å². The minimum atomic E-state index is -0.788. The fourth-order valence-electron chi connectivity index (χ4n) is 7.12. The number of hydrogen-bond donors (Lipinski definition) is 0. The highest BCUT2D eigenvalue weighted by Crippen LogP contribution is 2.14. The minimum Gasteiger partial charge on any atom is -0.462 e. The second-order valence-corrected chi connectivity index (χ2v) is 17.1. The van der Waals surface area contributed by atoms with Gasteiger partial charge in [0.1, 0.15) is 13.2 Å². The van der Waals surface area contributed by atoms with E-state index in [1.807, 2.05) is 0 Å². The molecule has 0 aliphatic carbocycles. The van der Waals surface area contributed by atoms with Gasteiger partial charge in [0.2, 0.25) is 0 Å². The maximum absolute atomic E-state index is 12.8. The van der Waals surface area contributed by atoms with Crippen molar-refractivity contribution in [3.8, 4) is 0 Å². The molecule has 1 unspecified atom stereocenters. The van der Waals surface area contributed by atoms with E-state index >= 15 is 0 Å². The van der Waals surface area contributed by atoms with Crippen LogP contribution in [0.1, 0.15) is 252 Å². The molecule has 0 radical (unpaired) electrons. The monoisotopic (exact) mass is 853 g/mol. The zero-order chi connectivity index (χ0) is 44.4. The summed E-state index contributed by atoms with van der Waals surface area (Å²) < 4.78 is 16.7. The Labute approximate surface area is 377 Å². The molecule has 6 heteroatoms. The van der Waals surface area contributed by atoms with Gasteiger partial charge in [-0.25, -0.2) is 0 Å². The number of unbranched alkanes of at least 4 members (excludes halogenated alkanes) is 27. The van der Waals surface area contributed by atoms with Crippen molar-refractivity contribution in [1.82, 2.24) is 0 Å². The third kappa shape index (κ3) is 48.0. The van der Waals surface area contributed by atoms with Crippen LogP contribution in [0.15, 0.2) is 60.8 Å². The van der Waals surface area contributed by atoms with E-state index < -0.39 is 6.10 Å². The van der Waals surface area contributed by atoms with Crippen LogP contribution in [0.2, 0.25) is 0 Å². The van der Waals surface area contributed by atoms with Crippen molar-refractivity contribution in [3.05, 3.63) is 60.8 Å². The molecule has 0 aromatic carbocycles. The lowest BCUT2D eigenvalue weighted by Gasteiger charge is -2.18. The summed E-state index contributed by atoms with van der Waals surface area (Å²) in [6, 6.07) is 0. The van der Waals surface area contributed by atoms with Crippen LogP contribution in [-0.4, -0.2) is 37.2 Å². The van der Waals surface area contributed by atoms with E-state index in [1.165, 1.54) is 122 Å². The highest BCUT2D eigenvalue weighted by molar-refractivity contribution is 5.71. The maximum atomic E-state index is 12.8. The summed E-state index contributed by atoms with van der Waals surface area (Å²) in [6.07, 6.45) is 60.7. The number of carbonyl (C=O) groups is 3. The van der Waals surface area contributed by atoms with Crippen LogP contribution >= 0.6 is 0 Å². The van der Waals surface area contributed by atoms with Crippen molar-refractivity contribution < 1.29 is 28.6 Å². The van der Waals surface area contributed by atoms with Crippen molar-refractivity contribution in [2.24, 2.45) is 0 Å². The molecule has 0 heterocycles. The van der Waals surface area contributed by atoms with E-state index in [2.05, 4.69) is 81.5 Å². The van der Waals surface area contributed by atoms with E-state index in [0.29, 0.717) is 19.3 Å². The molecule has 0 spiro atoms. The molecular formula is C55H96O6. The number of hydrogen-bond acceptors (Lipinski definition) is 6. The molecule has 0 amide bonds. The zero-order valence-electron chi connectivity index (χ0n) is 40.2. The summed E-state index contributed by atoms with van der Waals surface area (Å²) >= 11 is 0. The first kappa shape index (κ1) is 58.1. The van der Waals surface area contributed by atoms with Crippen molar-refractivity contribution >= 4 is 17.9 Å². The summed E-state index contributed by atoms with van der Waals surface area (Å²) in [5.74, 6) is -0.920. The molecule has 0 aliphatic rings. The third-order valence-corrected chi connectivity index (χ3v) is 11.0. The molecule has 352 valence electrons. The molecule has 0 bridgehead atoms. The molecule has 0 aliphatic heterocycles. The minimum absolute atomic E-state index is 0.0874. The normalized spacial score (nSPS) is 12.5.